The lowest BCUT2D eigenvalue weighted by Gasteiger charge is -2.25. The zero-order valence-corrected chi connectivity index (χ0v) is 13.9. The van der Waals surface area contributed by atoms with Crippen molar-refractivity contribution in [3.63, 3.8) is 0 Å². The molecule has 0 aromatic carbocycles. The predicted octanol–water partition coefficient (Wildman–Crippen LogP) is 1.82. The van der Waals surface area contributed by atoms with Crippen molar-refractivity contribution in [3.8, 4) is 0 Å². The molecule has 1 aromatic heterocycles. The van der Waals surface area contributed by atoms with E-state index < -0.39 is 17.9 Å². The lowest BCUT2D eigenvalue weighted by molar-refractivity contribution is -0.141. The molecule has 0 spiro atoms. The second-order valence-corrected chi connectivity index (χ2v) is 5.82. The third-order valence-corrected chi connectivity index (χ3v) is 2.87. The SMILES string of the molecule is CC(C)(C)[C@H](N)C(=O)NCCNc1nccc(C(F)(F)F)n1.Cl. The summed E-state index contributed by atoms with van der Waals surface area (Å²) in [6.07, 6.45) is -3.50. The van der Waals surface area contributed by atoms with Crippen LogP contribution in [0.3, 0.4) is 0 Å². The van der Waals surface area contributed by atoms with Gasteiger partial charge in [-0.2, -0.15) is 13.2 Å². The maximum atomic E-state index is 12.5. The summed E-state index contributed by atoms with van der Waals surface area (Å²) in [4.78, 5) is 18.8. The molecule has 0 aliphatic carbocycles. The van der Waals surface area contributed by atoms with Crippen molar-refractivity contribution in [1.29, 1.82) is 0 Å². The van der Waals surface area contributed by atoms with E-state index >= 15 is 0 Å². The van der Waals surface area contributed by atoms with E-state index in [-0.39, 0.29) is 42.8 Å². The molecule has 132 valence electrons. The van der Waals surface area contributed by atoms with Gasteiger partial charge in [0.1, 0.15) is 5.69 Å². The molecule has 0 aliphatic rings. The Labute approximate surface area is 138 Å². The molecule has 0 radical (unpaired) electrons. The van der Waals surface area contributed by atoms with Crippen LogP contribution in [-0.4, -0.2) is 35.0 Å². The average molecular weight is 356 g/mol. The highest BCUT2D eigenvalue weighted by molar-refractivity contribution is 5.85. The number of hydrogen-bond acceptors (Lipinski definition) is 5. The molecular weight excluding hydrogens is 335 g/mol. The number of nitrogens with zero attached hydrogens (tertiary/aromatic N) is 2. The number of hydrogen-bond donors (Lipinski definition) is 3. The number of nitrogens with one attached hydrogen (secondary N) is 2. The number of halogens is 4. The van der Waals surface area contributed by atoms with E-state index in [1.54, 1.807) is 0 Å². The lowest BCUT2D eigenvalue weighted by Crippen LogP contribution is -2.49. The molecule has 1 atom stereocenters. The molecule has 0 saturated carbocycles. The van der Waals surface area contributed by atoms with Crippen LogP contribution < -0.4 is 16.4 Å². The summed E-state index contributed by atoms with van der Waals surface area (Å²) in [5.74, 6) is -0.469. The third-order valence-electron chi connectivity index (χ3n) is 2.87. The number of amides is 1. The van der Waals surface area contributed by atoms with Crippen molar-refractivity contribution >= 4 is 24.3 Å². The zero-order valence-electron chi connectivity index (χ0n) is 13.1. The Bertz CT molecular complexity index is 519. The molecule has 0 aliphatic heterocycles. The molecule has 0 fully saturated rings. The van der Waals surface area contributed by atoms with E-state index in [0.29, 0.717) is 0 Å². The van der Waals surface area contributed by atoms with Crippen LogP contribution in [0.1, 0.15) is 26.5 Å². The Morgan fingerprint density at radius 1 is 1.30 bits per heavy atom. The molecule has 0 saturated heterocycles. The Balaban J connectivity index is 0.00000484. The number of alkyl halides is 3. The van der Waals surface area contributed by atoms with Gasteiger partial charge in [-0.25, -0.2) is 9.97 Å². The number of carbonyl (C=O) groups excluding carboxylic acids is 1. The van der Waals surface area contributed by atoms with Crippen molar-refractivity contribution < 1.29 is 18.0 Å². The minimum absolute atomic E-state index is 0. The summed E-state index contributed by atoms with van der Waals surface area (Å²) in [6, 6.07) is 0.118. The van der Waals surface area contributed by atoms with E-state index in [0.717, 1.165) is 12.3 Å². The Hall–Kier alpha value is -1.61. The molecule has 4 N–H and O–H groups in total. The maximum absolute atomic E-state index is 12.5. The normalized spacial score (nSPS) is 13.0. The maximum Gasteiger partial charge on any atom is 0.433 e. The van der Waals surface area contributed by atoms with Gasteiger partial charge in [0, 0.05) is 19.3 Å². The van der Waals surface area contributed by atoms with E-state index in [1.807, 2.05) is 20.8 Å². The standard InChI is InChI=1S/C13H20F3N5O.ClH/c1-12(2,3)9(17)10(22)18-6-7-20-11-19-5-4-8(21-11)13(14,15)16;/h4-5,9H,6-7,17H2,1-3H3,(H,18,22)(H,19,20,21);1H/t9-;/m1./s1. The second-order valence-electron chi connectivity index (χ2n) is 5.82. The van der Waals surface area contributed by atoms with Crippen molar-refractivity contribution in [1.82, 2.24) is 15.3 Å². The third kappa shape index (κ3) is 7.00. The first-order chi connectivity index (χ1) is 10.0. The molecule has 10 heteroatoms. The lowest BCUT2D eigenvalue weighted by atomic mass is 9.87. The summed E-state index contributed by atoms with van der Waals surface area (Å²) >= 11 is 0. The van der Waals surface area contributed by atoms with Crippen LogP contribution in [-0.2, 0) is 11.0 Å². The van der Waals surface area contributed by atoms with Crippen molar-refractivity contribution in [2.24, 2.45) is 11.1 Å². The average Bonchev–Trinajstić information content (AvgIpc) is 2.41. The van der Waals surface area contributed by atoms with Crippen LogP contribution in [0.4, 0.5) is 19.1 Å². The molecule has 0 unspecified atom stereocenters. The summed E-state index contributed by atoms with van der Waals surface area (Å²) in [5, 5.41) is 5.21. The fourth-order valence-corrected chi connectivity index (χ4v) is 1.46. The van der Waals surface area contributed by atoms with Gasteiger partial charge in [0.25, 0.3) is 0 Å². The van der Waals surface area contributed by atoms with Gasteiger partial charge in [-0.3, -0.25) is 4.79 Å². The molecular formula is C13H21ClF3N5O. The van der Waals surface area contributed by atoms with Gasteiger partial charge in [0.15, 0.2) is 0 Å². The quantitative estimate of drug-likeness (QED) is 0.701. The summed E-state index contributed by atoms with van der Waals surface area (Å²) in [5.41, 5.74) is 4.38. The molecule has 1 heterocycles. The first kappa shape index (κ1) is 21.4. The fraction of sp³-hybridized carbons (Fsp3) is 0.615. The van der Waals surface area contributed by atoms with Gasteiger partial charge >= 0.3 is 6.18 Å². The van der Waals surface area contributed by atoms with E-state index in [2.05, 4.69) is 20.6 Å². The minimum Gasteiger partial charge on any atom is -0.353 e. The minimum atomic E-state index is -4.52. The second kappa shape index (κ2) is 8.30. The zero-order chi connectivity index (χ0) is 17.0. The highest BCUT2D eigenvalue weighted by atomic mass is 35.5. The number of carbonyl (C=O) groups is 1. The highest BCUT2D eigenvalue weighted by Crippen LogP contribution is 2.27. The molecule has 23 heavy (non-hydrogen) atoms. The molecule has 0 bridgehead atoms. The van der Waals surface area contributed by atoms with Crippen LogP contribution in [0.25, 0.3) is 0 Å². The summed E-state index contributed by atoms with van der Waals surface area (Å²) < 4.78 is 37.4. The first-order valence-corrected chi connectivity index (χ1v) is 6.69. The van der Waals surface area contributed by atoms with Crippen molar-refractivity contribution in [2.45, 2.75) is 33.0 Å². The fourth-order valence-electron chi connectivity index (χ4n) is 1.46. The molecule has 6 nitrogen and oxygen atoms in total. The van der Waals surface area contributed by atoms with Crippen LogP contribution in [0.2, 0.25) is 0 Å². The summed E-state index contributed by atoms with van der Waals surface area (Å²) in [7, 11) is 0. The predicted molar refractivity (Wildman–Crippen MR) is 83.2 cm³/mol. The summed E-state index contributed by atoms with van der Waals surface area (Å²) in [6.45, 7) is 5.90. The van der Waals surface area contributed by atoms with Gasteiger partial charge in [0.2, 0.25) is 11.9 Å². The smallest absolute Gasteiger partial charge is 0.353 e. The Morgan fingerprint density at radius 3 is 2.43 bits per heavy atom. The van der Waals surface area contributed by atoms with Gasteiger partial charge in [-0.1, -0.05) is 20.8 Å². The number of nitrogens with two attached hydrogens (primary N) is 1. The number of rotatable bonds is 5. The highest BCUT2D eigenvalue weighted by Gasteiger charge is 2.32. The van der Waals surface area contributed by atoms with Crippen LogP contribution >= 0.6 is 12.4 Å². The Morgan fingerprint density at radius 2 is 1.91 bits per heavy atom. The molecule has 1 amide bonds. The largest absolute Gasteiger partial charge is 0.433 e. The first-order valence-electron chi connectivity index (χ1n) is 6.69. The van der Waals surface area contributed by atoms with Gasteiger partial charge in [-0.15, -0.1) is 12.4 Å². The van der Waals surface area contributed by atoms with E-state index in [9.17, 15) is 18.0 Å². The number of anilines is 1. The Kier molecular flexibility index (Phi) is 7.72. The van der Waals surface area contributed by atoms with Crippen LogP contribution in [0.15, 0.2) is 12.3 Å². The van der Waals surface area contributed by atoms with Crippen molar-refractivity contribution in [2.75, 3.05) is 18.4 Å². The van der Waals surface area contributed by atoms with E-state index in [4.69, 9.17) is 5.73 Å². The van der Waals surface area contributed by atoms with Crippen molar-refractivity contribution in [3.05, 3.63) is 18.0 Å². The molecule has 1 aromatic rings. The van der Waals surface area contributed by atoms with Gasteiger partial charge in [-0.05, 0) is 11.5 Å². The monoisotopic (exact) mass is 355 g/mol. The van der Waals surface area contributed by atoms with Gasteiger partial charge < -0.3 is 16.4 Å². The topological polar surface area (TPSA) is 92.9 Å². The van der Waals surface area contributed by atoms with E-state index in [1.165, 1.54) is 0 Å². The molecule has 1 rings (SSSR count). The van der Waals surface area contributed by atoms with Gasteiger partial charge in [0.05, 0.1) is 6.04 Å². The van der Waals surface area contributed by atoms with Crippen LogP contribution in [0, 0.1) is 5.41 Å². The number of aromatic nitrogens is 2. The van der Waals surface area contributed by atoms with Crippen LogP contribution in [0.5, 0.6) is 0 Å².